The molecule has 10 heteroatoms. The summed E-state index contributed by atoms with van der Waals surface area (Å²) in [6.45, 7) is 5.59. The van der Waals surface area contributed by atoms with Crippen molar-refractivity contribution in [2.24, 2.45) is 5.41 Å². The van der Waals surface area contributed by atoms with E-state index in [1.165, 1.54) is 18.3 Å². The maximum Gasteiger partial charge on any atom is 0.410 e. The number of nitrogens with zero attached hydrogens (tertiary/aromatic N) is 3. The standard InChI is InChI=1S/C17H19ClF3N5O/c1-16(2,3)11-8-12(17(19,20)21)26-13(24-11)7-10(25-26)15(27)23-9-5-4-6-22-14(9)18/h4-7,11-12,24H,8H2,1-3H3,(H,23,27)/t11-,12-/m0/s1. The molecule has 0 aliphatic carbocycles. The van der Waals surface area contributed by atoms with Gasteiger partial charge in [0, 0.05) is 18.3 Å². The Labute approximate surface area is 159 Å². The number of amides is 1. The minimum absolute atomic E-state index is 0.0777. The monoisotopic (exact) mass is 401 g/mol. The molecule has 3 heterocycles. The fourth-order valence-corrected chi connectivity index (χ4v) is 3.09. The van der Waals surface area contributed by atoms with E-state index in [-0.39, 0.29) is 28.8 Å². The fourth-order valence-electron chi connectivity index (χ4n) is 2.92. The molecule has 3 rings (SSSR count). The number of rotatable bonds is 2. The summed E-state index contributed by atoms with van der Waals surface area (Å²) in [4.78, 5) is 16.3. The number of hydrogen-bond acceptors (Lipinski definition) is 4. The van der Waals surface area contributed by atoms with Crippen molar-refractivity contribution in [1.82, 2.24) is 14.8 Å². The Morgan fingerprint density at radius 2 is 2.07 bits per heavy atom. The first kappa shape index (κ1) is 19.5. The molecule has 2 N–H and O–H groups in total. The third kappa shape index (κ3) is 4.02. The predicted molar refractivity (Wildman–Crippen MR) is 96.0 cm³/mol. The highest BCUT2D eigenvalue weighted by atomic mass is 35.5. The van der Waals surface area contributed by atoms with Crippen molar-refractivity contribution in [3.05, 3.63) is 35.2 Å². The second kappa shape index (κ2) is 6.70. The third-order valence-corrected chi connectivity index (χ3v) is 4.78. The van der Waals surface area contributed by atoms with E-state index in [1.54, 1.807) is 6.07 Å². The first-order chi connectivity index (χ1) is 12.5. The lowest BCUT2D eigenvalue weighted by atomic mass is 9.82. The van der Waals surface area contributed by atoms with Crippen LogP contribution in [0, 0.1) is 5.41 Å². The molecular formula is C17H19ClF3N5O. The van der Waals surface area contributed by atoms with Crippen molar-refractivity contribution in [3.8, 4) is 0 Å². The van der Waals surface area contributed by atoms with Crippen LogP contribution in [0.3, 0.4) is 0 Å². The summed E-state index contributed by atoms with van der Waals surface area (Å²) in [6.07, 6.45) is -3.19. The molecule has 0 saturated carbocycles. The van der Waals surface area contributed by atoms with Gasteiger partial charge in [0.25, 0.3) is 5.91 Å². The molecule has 2 aromatic heterocycles. The Hall–Kier alpha value is -2.29. The second-order valence-corrected chi connectivity index (χ2v) is 7.87. The zero-order valence-corrected chi connectivity index (χ0v) is 15.7. The van der Waals surface area contributed by atoms with Gasteiger partial charge in [0.1, 0.15) is 5.82 Å². The van der Waals surface area contributed by atoms with Gasteiger partial charge in [0.05, 0.1) is 5.69 Å². The lowest BCUT2D eigenvalue weighted by molar-refractivity contribution is -0.175. The van der Waals surface area contributed by atoms with Crippen LogP contribution >= 0.6 is 11.6 Å². The predicted octanol–water partition coefficient (Wildman–Crippen LogP) is 4.52. The van der Waals surface area contributed by atoms with Gasteiger partial charge in [-0.05, 0) is 24.0 Å². The first-order valence-electron chi connectivity index (χ1n) is 8.31. The highest BCUT2D eigenvalue weighted by Crippen LogP contribution is 2.43. The van der Waals surface area contributed by atoms with Crippen LogP contribution in [0.2, 0.25) is 5.15 Å². The average molecular weight is 402 g/mol. The van der Waals surface area contributed by atoms with Crippen molar-refractivity contribution in [2.45, 2.75) is 45.5 Å². The number of aromatic nitrogens is 3. The Morgan fingerprint density at radius 1 is 1.37 bits per heavy atom. The van der Waals surface area contributed by atoms with Gasteiger partial charge >= 0.3 is 6.18 Å². The maximum absolute atomic E-state index is 13.6. The number of anilines is 2. The Morgan fingerprint density at radius 3 is 2.67 bits per heavy atom. The van der Waals surface area contributed by atoms with E-state index in [4.69, 9.17) is 11.6 Å². The van der Waals surface area contributed by atoms with E-state index < -0.39 is 29.6 Å². The molecule has 0 fully saturated rings. The van der Waals surface area contributed by atoms with Crippen LogP contribution in [0.25, 0.3) is 0 Å². The highest BCUT2D eigenvalue weighted by molar-refractivity contribution is 6.32. The molecule has 1 aliphatic rings. The number of carbonyl (C=O) groups excluding carboxylic acids is 1. The number of hydrogen-bond donors (Lipinski definition) is 2. The molecule has 1 amide bonds. The van der Waals surface area contributed by atoms with E-state index in [2.05, 4.69) is 20.7 Å². The summed E-state index contributed by atoms with van der Waals surface area (Å²) in [5, 5.41) is 9.56. The molecule has 0 saturated heterocycles. The van der Waals surface area contributed by atoms with Crippen LogP contribution in [-0.4, -0.2) is 32.9 Å². The Kier molecular flexibility index (Phi) is 4.83. The molecule has 0 radical (unpaired) electrons. The summed E-state index contributed by atoms with van der Waals surface area (Å²) in [5.41, 5.74) is -0.283. The van der Waals surface area contributed by atoms with Crippen molar-refractivity contribution < 1.29 is 18.0 Å². The summed E-state index contributed by atoms with van der Waals surface area (Å²) in [5.74, 6) is -0.507. The van der Waals surface area contributed by atoms with Crippen LogP contribution < -0.4 is 10.6 Å². The molecule has 0 bridgehead atoms. The normalized spacial score (nSPS) is 20.0. The molecule has 6 nitrogen and oxygen atoms in total. The summed E-state index contributed by atoms with van der Waals surface area (Å²) in [6, 6.07) is 2.21. The summed E-state index contributed by atoms with van der Waals surface area (Å²) >= 11 is 5.90. The number of alkyl halides is 3. The third-order valence-electron chi connectivity index (χ3n) is 4.48. The smallest absolute Gasteiger partial charge is 0.367 e. The van der Waals surface area contributed by atoms with E-state index in [1.807, 2.05) is 20.8 Å². The topological polar surface area (TPSA) is 71.8 Å². The van der Waals surface area contributed by atoms with Crippen molar-refractivity contribution in [2.75, 3.05) is 10.6 Å². The Balaban J connectivity index is 1.92. The van der Waals surface area contributed by atoms with Gasteiger partial charge < -0.3 is 10.6 Å². The van der Waals surface area contributed by atoms with E-state index in [0.717, 1.165) is 4.68 Å². The second-order valence-electron chi connectivity index (χ2n) is 7.51. The molecule has 0 aromatic carbocycles. The molecule has 1 aliphatic heterocycles. The van der Waals surface area contributed by atoms with Gasteiger partial charge in [-0.3, -0.25) is 4.79 Å². The zero-order chi connectivity index (χ0) is 20.0. The Bertz CT molecular complexity index is 859. The van der Waals surface area contributed by atoms with E-state index in [0.29, 0.717) is 0 Å². The molecule has 0 spiro atoms. The number of halogens is 4. The van der Waals surface area contributed by atoms with Crippen molar-refractivity contribution in [3.63, 3.8) is 0 Å². The lowest BCUT2D eigenvalue weighted by Gasteiger charge is -2.39. The molecule has 146 valence electrons. The minimum Gasteiger partial charge on any atom is -0.367 e. The average Bonchev–Trinajstić information content (AvgIpc) is 2.98. The van der Waals surface area contributed by atoms with E-state index >= 15 is 0 Å². The van der Waals surface area contributed by atoms with Gasteiger partial charge in [0.2, 0.25) is 0 Å². The molecule has 2 atom stereocenters. The lowest BCUT2D eigenvalue weighted by Crippen LogP contribution is -2.44. The van der Waals surface area contributed by atoms with Gasteiger partial charge in [-0.15, -0.1) is 0 Å². The summed E-state index contributed by atoms with van der Waals surface area (Å²) in [7, 11) is 0. The molecular weight excluding hydrogens is 383 g/mol. The summed E-state index contributed by atoms with van der Waals surface area (Å²) < 4.78 is 41.6. The van der Waals surface area contributed by atoms with Crippen LogP contribution in [0.1, 0.15) is 43.7 Å². The van der Waals surface area contributed by atoms with Crippen LogP contribution in [0.4, 0.5) is 24.7 Å². The first-order valence-corrected chi connectivity index (χ1v) is 8.69. The number of carbonyl (C=O) groups is 1. The number of fused-ring (bicyclic) bond motifs is 1. The molecule has 0 unspecified atom stereocenters. The number of nitrogens with one attached hydrogen (secondary N) is 2. The minimum atomic E-state index is -4.48. The van der Waals surface area contributed by atoms with Crippen LogP contribution in [0.15, 0.2) is 24.4 Å². The SMILES string of the molecule is CC(C)(C)[C@@H]1C[C@@H](C(F)(F)F)n2nc(C(=O)Nc3cccnc3Cl)cc2N1. The van der Waals surface area contributed by atoms with Gasteiger partial charge in [-0.2, -0.15) is 18.3 Å². The van der Waals surface area contributed by atoms with Gasteiger partial charge in [0.15, 0.2) is 16.9 Å². The van der Waals surface area contributed by atoms with Crippen LogP contribution in [-0.2, 0) is 0 Å². The quantitative estimate of drug-likeness (QED) is 0.726. The maximum atomic E-state index is 13.6. The molecule has 27 heavy (non-hydrogen) atoms. The number of pyridine rings is 1. The van der Waals surface area contributed by atoms with Crippen LogP contribution in [0.5, 0.6) is 0 Å². The largest absolute Gasteiger partial charge is 0.410 e. The van der Waals surface area contributed by atoms with Crippen molar-refractivity contribution >= 4 is 29.0 Å². The van der Waals surface area contributed by atoms with Gasteiger partial charge in [-0.1, -0.05) is 32.4 Å². The van der Waals surface area contributed by atoms with E-state index in [9.17, 15) is 18.0 Å². The molecule has 2 aromatic rings. The fraction of sp³-hybridized carbons (Fsp3) is 0.471. The van der Waals surface area contributed by atoms with Crippen molar-refractivity contribution in [1.29, 1.82) is 0 Å². The van der Waals surface area contributed by atoms with Gasteiger partial charge in [-0.25, -0.2) is 9.67 Å². The zero-order valence-electron chi connectivity index (χ0n) is 14.9. The highest BCUT2D eigenvalue weighted by Gasteiger charge is 2.48.